The van der Waals surface area contributed by atoms with Gasteiger partial charge >= 0.3 is 0 Å². The molecule has 0 radical (unpaired) electrons. The van der Waals surface area contributed by atoms with E-state index in [4.69, 9.17) is 10.8 Å². The molecule has 4 heteroatoms. The lowest BCUT2D eigenvalue weighted by Gasteiger charge is -2.13. The first-order valence-electron chi connectivity index (χ1n) is 5.01. The molecule has 0 aliphatic rings. The van der Waals surface area contributed by atoms with Crippen LogP contribution in [0, 0.1) is 5.92 Å². The zero-order valence-electron chi connectivity index (χ0n) is 8.85. The predicted molar refractivity (Wildman–Crippen MR) is 55.7 cm³/mol. The molecule has 1 unspecified atom stereocenters. The summed E-state index contributed by atoms with van der Waals surface area (Å²) in [4.78, 5) is 4.04. The molecule has 0 aliphatic heterocycles. The van der Waals surface area contributed by atoms with Crippen LogP contribution in [-0.2, 0) is 6.54 Å². The van der Waals surface area contributed by atoms with Crippen molar-refractivity contribution in [2.24, 2.45) is 11.7 Å². The number of aliphatic hydroxyl groups excluding tert-OH is 1. The maximum Gasteiger partial charge on any atom is 0.0948 e. The molecule has 0 aliphatic carbocycles. The second kappa shape index (κ2) is 5.12. The fourth-order valence-corrected chi connectivity index (χ4v) is 1.32. The van der Waals surface area contributed by atoms with Crippen molar-refractivity contribution in [3.8, 4) is 0 Å². The van der Waals surface area contributed by atoms with Crippen LogP contribution < -0.4 is 5.73 Å². The fraction of sp³-hybridized carbons (Fsp3) is 0.700. The van der Waals surface area contributed by atoms with E-state index < -0.39 is 0 Å². The van der Waals surface area contributed by atoms with Crippen molar-refractivity contribution in [1.29, 1.82) is 0 Å². The van der Waals surface area contributed by atoms with Gasteiger partial charge in [0.2, 0.25) is 0 Å². The Morgan fingerprint density at radius 1 is 1.57 bits per heavy atom. The van der Waals surface area contributed by atoms with Crippen molar-refractivity contribution in [2.45, 2.75) is 32.9 Å². The minimum atomic E-state index is -0.315. The smallest absolute Gasteiger partial charge is 0.0948 e. The summed E-state index contributed by atoms with van der Waals surface area (Å²) in [5.74, 6) is 0.663. The first-order chi connectivity index (χ1) is 6.65. The summed E-state index contributed by atoms with van der Waals surface area (Å²) in [5.41, 5.74) is 6.65. The summed E-state index contributed by atoms with van der Waals surface area (Å²) < 4.78 is 2.01. The molecule has 4 nitrogen and oxygen atoms in total. The van der Waals surface area contributed by atoms with E-state index in [-0.39, 0.29) is 12.6 Å². The van der Waals surface area contributed by atoms with Crippen molar-refractivity contribution < 1.29 is 5.11 Å². The molecule has 1 atom stereocenters. The van der Waals surface area contributed by atoms with E-state index in [1.807, 2.05) is 4.57 Å². The van der Waals surface area contributed by atoms with Gasteiger partial charge in [0.05, 0.1) is 24.7 Å². The van der Waals surface area contributed by atoms with E-state index in [0.717, 1.165) is 18.7 Å². The van der Waals surface area contributed by atoms with Crippen molar-refractivity contribution in [1.82, 2.24) is 9.55 Å². The zero-order chi connectivity index (χ0) is 10.6. The SMILES string of the molecule is CC(C)CCn1cncc1C(N)CO. The van der Waals surface area contributed by atoms with Gasteiger partial charge in [-0.1, -0.05) is 13.8 Å². The molecule has 0 spiro atoms. The van der Waals surface area contributed by atoms with Crippen molar-refractivity contribution >= 4 is 0 Å². The molecule has 1 rings (SSSR count). The average molecular weight is 197 g/mol. The van der Waals surface area contributed by atoms with Crippen LogP contribution in [0.2, 0.25) is 0 Å². The average Bonchev–Trinajstić information content (AvgIpc) is 2.61. The van der Waals surface area contributed by atoms with Gasteiger partial charge in [0.15, 0.2) is 0 Å². The molecule has 0 saturated heterocycles. The topological polar surface area (TPSA) is 64.1 Å². The summed E-state index contributed by atoms with van der Waals surface area (Å²) in [5, 5.41) is 8.94. The van der Waals surface area contributed by atoms with Crippen LogP contribution in [0.3, 0.4) is 0 Å². The van der Waals surface area contributed by atoms with E-state index in [1.165, 1.54) is 0 Å². The third kappa shape index (κ3) is 2.82. The highest BCUT2D eigenvalue weighted by molar-refractivity contribution is 5.04. The number of rotatable bonds is 5. The largest absolute Gasteiger partial charge is 0.394 e. The number of aromatic nitrogens is 2. The van der Waals surface area contributed by atoms with E-state index in [9.17, 15) is 0 Å². The lowest BCUT2D eigenvalue weighted by Crippen LogP contribution is -2.19. The number of aryl methyl sites for hydroxylation is 1. The van der Waals surface area contributed by atoms with E-state index in [2.05, 4.69) is 18.8 Å². The summed E-state index contributed by atoms with van der Waals surface area (Å²) >= 11 is 0. The molecule has 1 aromatic rings. The van der Waals surface area contributed by atoms with Gasteiger partial charge in [-0.05, 0) is 12.3 Å². The maximum atomic E-state index is 8.94. The number of hydrogen-bond donors (Lipinski definition) is 2. The minimum Gasteiger partial charge on any atom is -0.394 e. The Kier molecular flexibility index (Phi) is 4.10. The van der Waals surface area contributed by atoms with Gasteiger partial charge in [0, 0.05) is 12.7 Å². The third-order valence-corrected chi connectivity index (χ3v) is 2.27. The second-order valence-electron chi connectivity index (χ2n) is 3.98. The minimum absolute atomic E-state index is 0.0344. The highest BCUT2D eigenvalue weighted by Crippen LogP contribution is 2.11. The number of hydrogen-bond acceptors (Lipinski definition) is 3. The Bertz CT molecular complexity index is 270. The van der Waals surface area contributed by atoms with Crippen LogP contribution in [0.25, 0.3) is 0 Å². The molecule has 0 amide bonds. The standard InChI is InChI=1S/C10H19N3O/c1-8(2)3-4-13-7-12-5-10(13)9(11)6-14/h5,7-9,14H,3-4,6,11H2,1-2H3. The summed E-state index contributed by atoms with van der Waals surface area (Å²) in [7, 11) is 0. The molecule has 0 aromatic carbocycles. The van der Waals surface area contributed by atoms with Crippen LogP contribution in [0.5, 0.6) is 0 Å². The Hall–Kier alpha value is -0.870. The lowest BCUT2D eigenvalue weighted by atomic mass is 10.1. The first-order valence-corrected chi connectivity index (χ1v) is 5.01. The molecule has 0 saturated carbocycles. The Balaban J connectivity index is 2.62. The van der Waals surface area contributed by atoms with Crippen LogP contribution in [0.1, 0.15) is 32.0 Å². The Morgan fingerprint density at radius 3 is 2.86 bits per heavy atom. The van der Waals surface area contributed by atoms with Gasteiger partial charge < -0.3 is 15.4 Å². The monoisotopic (exact) mass is 197 g/mol. The molecule has 0 bridgehead atoms. The number of nitrogens with zero attached hydrogens (tertiary/aromatic N) is 2. The van der Waals surface area contributed by atoms with Gasteiger partial charge in [-0.15, -0.1) is 0 Å². The van der Waals surface area contributed by atoms with Gasteiger partial charge in [-0.3, -0.25) is 0 Å². The van der Waals surface area contributed by atoms with Crippen LogP contribution in [0.4, 0.5) is 0 Å². The second-order valence-corrected chi connectivity index (χ2v) is 3.98. The molecular formula is C10H19N3O. The van der Waals surface area contributed by atoms with Crippen LogP contribution >= 0.6 is 0 Å². The third-order valence-electron chi connectivity index (χ3n) is 2.27. The van der Waals surface area contributed by atoms with E-state index >= 15 is 0 Å². The molecule has 3 N–H and O–H groups in total. The summed E-state index contributed by atoms with van der Waals surface area (Å²) in [6.07, 6.45) is 4.59. The van der Waals surface area contributed by atoms with Gasteiger partial charge in [0.25, 0.3) is 0 Å². The maximum absolute atomic E-state index is 8.94. The number of aliphatic hydroxyl groups is 1. The zero-order valence-corrected chi connectivity index (χ0v) is 8.85. The number of imidazole rings is 1. The normalized spacial score (nSPS) is 13.5. The summed E-state index contributed by atoms with van der Waals surface area (Å²) in [6.45, 7) is 5.25. The molecule has 14 heavy (non-hydrogen) atoms. The van der Waals surface area contributed by atoms with Crippen molar-refractivity contribution in [2.75, 3.05) is 6.61 Å². The fourth-order valence-electron chi connectivity index (χ4n) is 1.32. The molecule has 80 valence electrons. The highest BCUT2D eigenvalue weighted by Gasteiger charge is 2.10. The van der Waals surface area contributed by atoms with Crippen molar-refractivity contribution in [3.05, 3.63) is 18.2 Å². The molecule has 1 heterocycles. The van der Waals surface area contributed by atoms with Gasteiger partial charge in [-0.2, -0.15) is 0 Å². The van der Waals surface area contributed by atoms with Crippen molar-refractivity contribution in [3.63, 3.8) is 0 Å². The highest BCUT2D eigenvalue weighted by atomic mass is 16.3. The van der Waals surface area contributed by atoms with E-state index in [0.29, 0.717) is 5.92 Å². The quantitative estimate of drug-likeness (QED) is 0.737. The summed E-state index contributed by atoms with van der Waals surface area (Å²) in [6, 6.07) is -0.315. The van der Waals surface area contributed by atoms with Gasteiger partial charge in [0.1, 0.15) is 0 Å². The lowest BCUT2D eigenvalue weighted by molar-refractivity contribution is 0.262. The molecule has 0 fully saturated rings. The number of nitrogens with two attached hydrogens (primary N) is 1. The van der Waals surface area contributed by atoms with Crippen LogP contribution in [-0.4, -0.2) is 21.3 Å². The van der Waals surface area contributed by atoms with E-state index in [1.54, 1.807) is 12.5 Å². The van der Waals surface area contributed by atoms with Crippen LogP contribution in [0.15, 0.2) is 12.5 Å². The Morgan fingerprint density at radius 2 is 2.29 bits per heavy atom. The first kappa shape index (κ1) is 11.2. The van der Waals surface area contributed by atoms with Gasteiger partial charge in [-0.25, -0.2) is 4.98 Å². The molecular weight excluding hydrogens is 178 g/mol. The molecule has 1 aromatic heterocycles. The Labute approximate surface area is 84.8 Å². The predicted octanol–water partition coefficient (Wildman–Crippen LogP) is 0.921.